The van der Waals surface area contributed by atoms with Gasteiger partial charge in [0.1, 0.15) is 11.5 Å². The van der Waals surface area contributed by atoms with Crippen molar-refractivity contribution in [2.45, 2.75) is 6.92 Å². The van der Waals surface area contributed by atoms with Gasteiger partial charge in [-0.25, -0.2) is 4.79 Å². The summed E-state index contributed by atoms with van der Waals surface area (Å²) in [4.78, 5) is 11.0. The number of nitrogens with one attached hydrogen (secondary N) is 1. The van der Waals surface area contributed by atoms with Gasteiger partial charge in [-0.05, 0) is 48.9 Å². The van der Waals surface area contributed by atoms with E-state index in [1.807, 2.05) is 55.5 Å². The number of carboxylic acid groups (broad SMARTS) is 1. The van der Waals surface area contributed by atoms with Gasteiger partial charge < -0.3 is 15.2 Å². The molecule has 0 atom stereocenters. The van der Waals surface area contributed by atoms with Crippen LogP contribution < -0.4 is 10.1 Å². The molecule has 0 aromatic heterocycles. The van der Waals surface area contributed by atoms with E-state index in [1.54, 1.807) is 6.07 Å². The number of halogens is 1. The highest BCUT2D eigenvalue weighted by Gasteiger charge is 2.10. The van der Waals surface area contributed by atoms with Crippen molar-refractivity contribution in [2.24, 2.45) is 0 Å². The molecular formula is C20H16ClNO3. The summed E-state index contributed by atoms with van der Waals surface area (Å²) in [6.45, 7) is 1.93. The molecule has 0 spiro atoms. The summed E-state index contributed by atoms with van der Waals surface area (Å²) in [7, 11) is 0. The van der Waals surface area contributed by atoms with E-state index >= 15 is 0 Å². The first kappa shape index (κ1) is 16.9. The highest BCUT2D eigenvalue weighted by molar-refractivity contribution is 6.32. The van der Waals surface area contributed by atoms with Gasteiger partial charge in [0.15, 0.2) is 0 Å². The molecule has 3 aromatic rings. The molecule has 0 unspecified atom stereocenters. The number of carboxylic acids is 1. The zero-order valence-electron chi connectivity index (χ0n) is 13.5. The van der Waals surface area contributed by atoms with Gasteiger partial charge in [-0.3, -0.25) is 0 Å². The Bertz CT molecular complexity index is 910. The van der Waals surface area contributed by atoms with E-state index in [-0.39, 0.29) is 10.6 Å². The molecule has 0 aliphatic rings. The quantitative estimate of drug-likeness (QED) is 0.601. The summed E-state index contributed by atoms with van der Waals surface area (Å²) in [6, 6.07) is 20.0. The van der Waals surface area contributed by atoms with Crippen molar-refractivity contribution in [1.29, 1.82) is 0 Å². The van der Waals surface area contributed by atoms with Crippen LogP contribution >= 0.6 is 11.6 Å². The summed E-state index contributed by atoms with van der Waals surface area (Å²) >= 11 is 6.14. The predicted octanol–water partition coefficient (Wildman–Crippen LogP) is 5.88. The molecule has 0 saturated heterocycles. The van der Waals surface area contributed by atoms with E-state index in [9.17, 15) is 4.79 Å². The maximum atomic E-state index is 11.0. The largest absolute Gasteiger partial charge is 0.478 e. The van der Waals surface area contributed by atoms with E-state index in [1.165, 1.54) is 12.1 Å². The van der Waals surface area contributed by atoms with Gasteiger partial charge in [-0.2, -0.15) is 0 Å². The van der Waals surface area contributed by atoms with Crippen molar-refractivity contribution < 1.29 is 14.6 Å². The number of aryl methyl sites for hydroxylation is 1. The molecule has 0 bridgehead atoms. The molecule has 0 fully saturated rings. The smallest absolute Gasteiger partial charge is 0.335 e. The maximum Gasteiger partial charge on any atom is 0.335 e. The fraction of sp³-hybridized carbons (Fsp3) is 0.0500. The second kappa shape index (κ2) is 7.28. The lowest BCUT2D eigenvalue weighted by atomic mass is 10.2. The van der Waals surface area contributed by atoms with Crippen molar-refractivity contribution in [3.8, 4) is 11.5 Å². The molecule has 0 radical (unpaired) electrons. The Hall–Kier alpha value is -2.98. The summed E-state index contributed by atoms with van der Waals surface area (Å²) < 4.78 is 5.89. The number of para-hydroxylation sites is 1. The van der Waals surface area contributed by atoms with Crippen molar-refractivity contribution >= 4 is 28.9 Å². The molecule has 0 aliphatic heterocycles. The Balaban J connectivity index is 1.85. The number of benzene rings is 3. The van der Waals surface area contributed by atoms with Gasteiger partial charge in [0.2, 0.25) is 0 Å². The van der Waals surface area contributed by atoms with Crippen LogP contribution in [-0.2, 0) is 0 Å². The molecule has 0 aliphatic carbocycles. The van der Waals surface area contributed by atoms with Crippen LogP contribution in [-0.4, -0.2) is 11.1 Å². The van der Waals surface area contributed by atoms with Gasteiger partial charge in [0, 0.05) is 17.4 Å². The molecule has 5 heteroatoms. The SMILES string of the molecule is Cc1ccc(Nc2ccccc2)cc1Oc1ccc(C(=O)O)cc1Cl. The molecule has 3 aromatic carbocycles. The fourth-order valence-electron chi connectivity index (χ4n) is 2.31. The standard InChI is InChI=1S/C20H16ClNO3/c1-13-7-9-16(22-15-5-3-2-4-6-15)12-19(13)25-18-10-8-14(20(23)24)11-17(18)21/h2-12,22H,1H3,(H,23,24). The lowest BCUT2D eigenvalue weighted by Gasteiger charge is -2.13. The number of aromatic carboxylic acids is 1. The summed E-state index contributed by atoms with van der Waals surface area (Å²) in [6.07, 6.45) is 0. The summed E-state index contributed by atoms with van der Waals surface area (Å²) in [5.74, 6) is 0.0243. The molecule has 0 heterocycles. The Morgan fingerprint density at radius 3 is 2.40 bits per heavy atom. The normalized spacial score (nSPS) is 10.3. The Kier molecular flexibility index (Phi) is 4.91. The van der Waals surface area contributed by atoms with Crippen molar-refractivity contribution in [1.82, 2.24) is 0 Å². The monoisotopic (exact) mass is 353 g/mol. The van der Waals surface area contributed by atoms with Crippen LogP contribution in [0.5, 0.6) is 11.5 Å². The van der Waals surface area contributed by atoms with Crippen molar-refractivity contribution in [3.63, 3.8) is 0 Å². The third-order valence-corrected chi connectivity index (χ3v) is 3.94. The highest BCUT2D eigenvalue weighted by atomic mass is 35.5. The van der Waals surface area contributed by atoms with Crippen LogP contribution in [0.3, 0.4) is 0 Å². The third-order valence-electron chi connectivity index (χ3n) is 3.65. The zero-order chi connectivity index (χ0) is 17.8. The number of hydrogen-bond acceptors (Lipinski definition) is 3. The molecule has 25 heavy (non-hydrogen) atoms. The van der Waals surface area contributed by atoms with E-state index in [0.717, 1.165) is 16.9 Å². The summed E-state index contributed by atoms with van der Waals surface area (Å²) in [5.41, 5.74) is 2.91. The molecule has 4 nitrogen and oxygen atoms in total. The minimum atomic E-state index is -1.03. The molecule has 0 amide bonds. The summed E-state index contributed by atoms with van der Waals surface area (Å²) in [5, 5.41) is 12.6. The number of anilines is 2. The van der Waals surface area contributed by atoms with Crippen LogP contribution in [0.25, 0.3) is 0 Å². The van der Waals surface area contributed by atoms with Crippen LogP contribution in [0.2, 0.25) is 5.02 Å². The number of rotatable bonds is 5. The Morgan fingerprint density at radius 1 is 0.960 bits per heavy atom. The lowest BCUT2D eigenvalue weighted by molar-refractivity contribution is 0.0697. The van der Waals surface area contributed by atoms with Gasteiger partial charge in [-0.1, -0.05) is 35.9 Å². The van der Waals surface area contributed by atoms with Crippen LogP contribution in [0.4, 0.5) is 11.4 Å². The maximum absolute atomic E-state index is 11.0. The highest BCUT2D eigenvalue weighted by Crippen LogP contribution is 2.33. The Labute approximate surface area is 150 Å². The molecule has 0 saturated carbocycles. The Morgan fingerprint density at radius 2 is 1.72 bits per heavy atom. The van der Waals surface area contributed by atoms with Crippen LogP contribution in [0.15, 0.2) is 66.7 Å². The minimum absolute atomic E-state index is 0.119. The van der Waals surface area contributed by atoms with Gasteiger partial charge >= 0.3 is 5.97 Å². The lowest BCUT2D eigenvalue weighted by Crippen LogP contribution is -1.97. The molecular weight excluding hydrogens is 338 g/mol. The fourth-order valence-corrected chi connectivity index (χ4v) is 2.53. The first-order valence-electron chi connectivity index (χ1n) is 7.66. The van der Waals surface area contributed by atoms with E-state index in [0.29, 0.717) is 11.5 Å². The zero-order valence-corrected chi connectivity index (χ0v) is 14.2. The van der Waals surface area contributed by atoms with Crippen molar-refractivity contribution in [3.05, 3.63) is 82.9 Å². The first-order valence-corrected chi connectivity index (χ1v) is 8.04. The van der Waals surface area contributed by atoms with Crippen LogP contribution in [0, 0.1) is 6.92 Å². The number of hydrogen-bond donors (Lipinski definition) is 2. The van der Waals surface area contributed by atoms with Crippen molar-refractivity contribution in [2.75, 3.05) is 5.32 Å². The topological polar surface area (TPSA) is 58.6 Å². The van der Waals surface area contributed by atoms with E-state index in [4.69, 9.17) is 21.4 Å². The van der Waals surface area contributed by atoms with Crippen LogP contribution in [0.1, 0.15) is 15.9 Å². The van der Waals surface area contributed by atoms with E-state index in [2.05, 4.69) is 5.32 Å². The average molecular weight is 354 g/mol. The average Bonchev–Trinajstić information content (AvgIpc) is 2.60. The van der Waals surface area contributed by atoms with Gasteiger partial charge in [0.05, 0.1) is 10.6 Å². The van der Waals surface area contributed by atoms with E-state index < -0.39 is 5.97 Å². The van der Waals surface area contributed by atoms with Gasteiger partial charge in [0.25, 0.3) is 0 Å². The first-order chi connectivity index (χ1) is 12.0. The second-order valence-electron chi connectivity index (χ2n) is 5.52. The van der Waals surface area contributed by atoms with Gasteiger partial charge in [-0.15, -0.1) is 0 Å². The number of ether oxygens (including phenoxy) is 1. The molecule has 3 rings (SSSR count). The predicted molar refractivity (Wildman–Crippen MR) is 99.4 cm³/mol. The second-order valence-corrected chi connectivity index (χ2v) is 5.93. The number of carbonyl (C=O) groups is 1. The molecule has 2 N–H and O–H groups in total. The molecule has 126 valence electrons. The third kappa shape index (κ3) is 4.11. The minimum Gasteiger partial charge on any atom is -0.478 e.